The van der Waals surface area contributed by atoms with Crippen molar-refractivity contribution in [2.24, 2.45) is 0 Å². The molecule has 0 aliphatic carbocycles. The zero-order valence-electron chi connectivity index (χ0n) is 14.8. The van der Waals surface area contributed by atoms with Crippen LogP contribution in [0.25, 0.3) is 0 Å². The van der Waals surface area contributed by atoms with Gasteiger partial charge < -0.3 is 18.9 Å². The molecule has 0 aliphatic rings. The number of aryl methyl sites for hydroxylation is 1. The first kappa shape index (κ1) is 19.5. The van der Waals surface area contributed by atoms with Crippen LogP contribution in [-0.4, -0.2) is 19.9 Å². The SMILES string of the molecule is CCOc1cccc(OC(=O)OC)c1COc1cc(F)c(CC)cc1F. The third-order valence-electron chi connectivity index (χ3n) is 3.60. The van der Waals surface area contributed by atoms with Crippen molar-refractivity contribution in [1.29, 1.82) is 0 Å². The molecule has 140 valence electrons. The van der Waals surface area contributed by atoms with E-state index in [4.69, 9.17) is 14.2 Å². The van der Waals surface area contributed by atoms with Gasteiger partial charge in [0.2, 0.25) is 0 Å². The third kappa shape index (κ3) is 4.62. The van der Waals surface area contributed by atoms with Crippen molar-refractivity contribution in [1.82, 2.24) is 0 Å². The van der Waals surface area contributed by atoms with Crippen molar-refractivity contribution in [2.75, 3.05) is 13.7 Å². The van der Waals surface area contributed by atoms with Crippen molar-refractivity contribution < 1.29 is 32.5 Å². The topological polar surface area (TPSA) is 54.0 Å². The van der Waals surface area contributed by atoms with E-state index in [-0.39, 0.29) is 23.7 Å². The molecular weight excluding hydrogens is 346 g/mol. The molecule has 0 spiro atoms. The molecule has 0 fully saturated rings. The zero-order valence-corrected chi connectivity index (χ0v) is 14.8. The first-order valence-electron chi connectivity index (χ1n) is 8.11. The Labute approximate surface area is 150 Å². The average Bonchev–Trinajstić information content (AvgIpc) is 2.63. The Balaban J connectivity index is 2.30. The third-order valence-corrected chi connectivity index (χ3v) is 3.60. The van der Waals surface area contributed by atoms with E-state index in [1.807, 2.05) is 0 Å². The lowest BCUT2D eigenvalue weighted by molar-refractivity contribution is 0.120. The van der Waals surface area contributed by atoms with E-state index in [1.165, 1.54) is 13.2 Å². The van der Waals surface area contributed by atoms with Gasteiger partial charge in [-0.3, -0.25) is 0 Å². The number of rotatable bonds is 7. The molecule has 0 N–H and O–H groups in total. The summed E-state index contributed by atoms with van der Waals surface area (Å²) in [7, 11) is 1.18. The predicted molar refractivity (Wildman–Crippen MR) is 90.7 cm³/mol. The lowest BCUT2D eigenvalue weighted by Crippen LogP contribution is -2.11. The van der Waals surface area contributed by atoms with E-state index in [1.54, 1.807) is 26.0 Å². The van der Waals surface area contributed by atoms with Gasteiger partial charge in [0, 0.05) is 6.07 Å². The molecule has 5 nitrogen and oxygen atoms in total. The second kappa shape index (κ2) is 9.03. The zero-order chi connectivity index (χ0) is 19.1. The molecule has 7 heteroatoms. The van der Waals surface area contributed by atoms with Crippen LogP contribution in [0.3, 0.4) is 0 Å². The molecule has 0 atom stereocenters. The van der Waals surface area contributed by atoms with Crippen LogP contribution in [0.2, 0.25) is 0 Å². The first-order valence-corrected chi connectivity index (χ1v) is 8.11. The second-order valence-corrected chi connectivity index (χ2v) is 5.24. The second-order valence-electron chi connectivity index (χ2n) is 5.24. The van der Waals surface area contributed by atoms with Gasteiger partial charge in [0.25, 0.3) is 0 Å². The number of halogens is 2. The molecule has 0 radical (unpaired) electrons. The van der Waals surface area contributed by atoms with Gasteiger partial charge >= 0.3 is 6.16 Å². The van der Waals surface area contributed by atoms with Crippen LogP contribution >= 0.6 is 0 Å². The number of carbonyl (C=O) groups is 1. The molecule has 0 saturated heterocycles. The van der Waals surface area contributed by atoms with Crippen LogP contribution in [0, 0.1) is 11.6 Å². The summed E-state index contributed by atoms with van der Waals surface area (Å²) in [5.74, 6) is -0.913. The van der Waals surface area contributed by atoms with Crippen LogP contribution < -0.4 is 14.2 Å². The molecule has 0 saturated carbocycles. The Morgan fingerprint density at radius 3 is 2.38 bits per heavy atom. The van der Waals surface area contributed by atoms with Gasteiger partial charge in [-0.2, -0.15) is 0 Å². The molecule has 0 bridgehead atoms. The van der Waals surface area contributed by atoms with Gasteiger partial charge in [0.05, 0.1) is 19.3 Å². The fourth-order valence-electron chi connectivity index (χ4n) is 2.31. The minimum atomic E-state index is -0.913. The lowest BCUT2D eigenvalue weighted by atomic mass is 10.1. The molecule has 2 aromatic carbocycles. The van der Waals surface area contributed by atoms with E-state index in [0.717, 1.165) is 12.1 Å². The Hall–Kier alpha value is -2.83. The van der Waals surface area contributed by atoms with Gasteiger partial charge in [-0.05, 0) is 37.1 Å². The fraction of sp³-hybridized carbons (Fsp3) is 0.316. The normalized spacial score (nSPS) is 10.3. The maximum atomic E-state index is 14.1. The minimum absolute atomic E-state index is 0.147. The number of hydrogen-bond acceptors (Lipinski definition) is 5. The molecule has 0 heterocycles. The maximum Gasteiger partial charge on any atom is 0.513 e. The van der Waals surface area contributed by atoms with Crippen LogP contribution in [0.4, 0.5) is 13.6 Å². The van der Waals surface area contributed by atoms with Crippen molar-refractivity contribution in [3.63, 3.8) is 0 Å². The molecule has 0 aliphatic heterocycles. The summed E-state index contributed by atoms with van der Waals surface area (Å²) in [6.07, 6.45) is -0.544. The summed E-state index contributed by atoms with van der Waals surface area (Å²) in [4.78, 5) is 11.4. The molecular formula is C19H20F2O5. The van der Waals surface area contributed by atoms with Gasteiger partial charge in [-0.25, -0.2) is 13.6 Å². The lowest BCUT2D eigenvalue weighted by Gasteiger charge is -2.15. The summed E-state index contributed by atoms with van der Waals surface area (Å²) in [5.41, 5.74) is 0.637. The predicted octanol–water partition coefficient (Wildman–Crippen LogP) is 4.65. The fourth-order valence-corrected chi connectivity index (χ4v) is 2.31. The summed E-state index contributed by atoms with van der Waals surface area (Å²) in [5, 5.41) is 0. The summed E-state index contributed by atoms with van der Waals surface area (Å²) in [6.45, 7) is 3.69. The Morgan fingerprint density at radius 2 is 1.73 bits per heavy atom. The summed E-state index contributed by atoms with van der Waals surface area (Å²) >= 11 is 0. The molecule has 0 amide bonds. The Kier molecular flexibility index (Phi) is 6.77. The number of methoxy groups -OCH3 is 1. The Bertz CT molecular complexity index is 777. The van der Waals surface area contributed by atoms with E-state index in [0.29, 0.717) is 24.3 Å². The monoisotopic (exact) mass is 366 g/mol. The molecule has 2 rings (SSSR count). The molecule has 26 heavy (non-hydrogen) atoms. The van der Waals surface area contributed by atoms with Crippen molar-refractivity contribution in [3.8, 4) is 17.2 Å². The summed E-state index contributed by atoms with van der Waals surface area (Å²) in [6, 6.07) is 6.91. The van der Waals surface area contributed by atoms with Gasteiger partial charge in [0.15, 0.2) is 11.6 Å². The number of benzene rings is 2. The maximum absolute atomic E-state index is 14.1. The average molecular weight is 366 g/mol. The van der Waals surface area contributed by atoms with Gasteiger partial charge in [-0.15, -0.1) is 0 Å². The van der Waals surface area contributed by atoms with E-state index in [2.05, 4.69) is 4.74 Å². The smallest absolute Gasteiger partial charge is 0.493 e. The molecule has 0 aromatic heterocycles. The quantitative estimate of drug-likeness (QED) is 0.527. The summed E-state index contributed by atoms with van der Waals surface area (Å²) < 4.78 is 48.5. The standard InChI is InChI=1S/C19H20F2O5/c1-4-12-9-15(21)18(10-14(12)20)25-11-13-16(24-5-2)7-6-8-17(13)26-19(22)23-3/h6-10H,4-5,11H2,1-3H3. The van der Waals surface area contributed by atoms with Crippen molar-refractivity contribution in [2.45, 2.75) is 26.9 Å². The number of ether oxygens (including phenoxy) is 4. The van der Waals surface area contributed by atoms with E-state index in [9.17, 15) is 13.6 Å². The van der Waals surface area contributed by atoms with E-state index >= 15 is 0 Å². The van der Waals surface area contributed by atoms with Crippen LogP contribution in [0.1, 0.15) is 25.0 Å². The Morgan fingerprint density at radius 1 is 1.00 bits per heavy atom. The molecule has 0 unspecified atom stereocenters. The first-order chi connectivity index (χ1) is 12.5. The van der Waals surface area contributed by atoms with Crippen LogP contribution in [0.5, 0.6) is 17.2 Å². The largest absolute Gasteiger partial charge is 0.513 e. The highest BCUT2D eigenvalue weighted by Gasteiger charge is 2.17. The van der Waals surface area contributed by atoms with E-state index < -0.39 is 17.8 Å². The van der Waals surface area contributed by atoms with Crippen molar-refractivity contribution >= 4 is 6.16 Å². The van der Waals surface area contributed by atoms with Gasteiger partial charge in [-0.1, -0.05) is 13.0 Å². The van der Waals surface area contributed by atoms with Crippen molar-refractivity contribution in [3.05, 3.63) is 53.1 Å². The number of carbonyl (C=O) groups excluding carboxylic acids is 1. The van der Waals surface area contributed by atoms with Gasteiger partial charge in [0.1, 0.15) is 23.9 Å². The highest BCUT2D eigenvalue weighted by atomic mass is 19.1. The highest BCUT2D eigenvalue weighted by Crippen LogP contribution is 2.31. The minimum Gasteiger partial charge on any atom is -0.493 e. The van der Waals surface area contributed by atoms with Crippen LogP contribution in [0.15, 0.2) is 30.3 Å². The highest BCUT2D eigenvalue weighted by molar-refractivity contribution is 5.65. The van der Waals surface area contributed by atoms with Crippen LogP contribution in [-0.2, 0) is 17.8 Å². The number of hydrogen-bond donors (Lipinski definition) is 0. The molecule has 2 aromatic rings.